The number of aromatic nitrogens is 1. The number of nitrogens with two attached hydrogens (primary N) is 1. The van der Waals surface area contributed by atoms with Crippen LogP contribution in [0, 0.1) is 17.3 Å². The molecule has 0 spiro atoms. The number of aliphatic imine (C=N–C) groups is 1. The van der Waals surface area contributed by atoms with Gasteiger partial charge in [0.1, 0.15) is 11.9 Å². The van der Waals surface area contributed by atoms with Gasteiger partial charge in [-0.15, -0.1) is 0 Å². The number of anilines is 1. The van der Waals surface area contributed by atoms with Gasteiger partial charge in [0.15, 0.2) is 17.6 Å². The van der Waals surface area contributed by atoms with Crippen LogP contribution in [0.3, 0.4) is 0 Å². The Morgan fingerprint density at radius 2 is 2.24 bits per heavy atom. The molecule has 0 amide bonds. The summed E-state index contributed by atoms with van der Waals surface area (Å²) in [7, 11) is 1.63. The number of benzene rings is 1. The van der Waals surface area contributed by atoms with Gasteiger partial charge in [-0.2, -0.15) is 5.26 Å². The van der Waals surface area contributed by atoms with Gasteiger partial charge >= 0.3 is 0 Å². The van der Waals surface area contributed by atoms with Crippen LogP contribution in [0.5, 0.6) is 5.75 Å². The molecule has 176 valence electrons. The molecule has 0 unspecified atom stereocenters. The van der Waals surface area contributed by atoms with Crippen molar-refractivity contribution in [1.82, 2.24) is 15.2 Å². The number of hydrogen-bond acceptors (Lipinski definition) is 6. The second kappa shape index (κ2) is 9.79. The van der Waals surface area contributed by atoms with Gasteiger partial charge in [0.2, 0.25) is 11.7 Å². The maximum absolute atomic E-state index is 14.0. The number of halogens is 3. The van der Waals surface area contributed by atoms with E-state index in [2.05, 4.69) is 15.3 Å². The second-order valence-corrected chi connectivity index (χ2v) is 8.38. The highest BCUT2D eigenvalue weighted by Gasteiger charge is 2.24. The zero-order valence-electron chi connectivity index (χ0n) is 18.4. The largest absolute Gasteiger partial charge is 0.478 e. The van der Waals surface area contributed by atoms with Gasteiger partial charge in [0.05, 0.1) is 16.7 Å². The van der Waals surface area contributed by atoms with Crippen LogP contribution in [0.1, 0.15) is 30.6 Å². The highest BCUT2D eigenvalue weighted by atomic mass is 35.5. The Morgan fingerprint density at radius 1 is 1.44 bits per heavy atom. The van der Waals surface area contributed by atoms with Crippen molar-refractivity contribution >= 4 is 51.5 Å². The Balaban J connectivity index is 1.65. The fraction of sp³-hybridized carbons (Fsp3) is 0.261. The average Bonchev–Trinajstić information content (AvgIpc) is 3.26. The van der Waals surface area contributed by atoms with Gasteiger partial charge in [-0.05, 0) is 31.1 Å². The third-order valence-electron chi connectivity index (χ3n) is 5.62. The van der Waals surface area contributed by atoms with Crippen LogP contribution < -0.4 is 15.8 Å². The third kappa shape index (κ3) is 4.34. The summed E-state index contributed by atoms with van der Waals surface area (Å²) in [5.41, 5.74) is 8.75. The lowest BCUT2D eigenvalue weighted by Crippen LogP contribution is -2.41. The number of furan rings is 1. The SMILES string of the molecule is CN=C(NC#N)N1CC=C(c2coc3c(O[C@H](C)c4c(Cl)ccc(F)c4Cl)c(N)ncc23)CC1. The minimum Gasteiger partial charge on any atom is -0.478 e. The van der Waals surface area contributed by atoms with E-state index in [1.54, 1.807) is 26.4 Å². The molecule has 2 aromatic heterocycles. The molecular formula is C23H21Cl2FN6O2. The highest BCUT2D eigenvalue weighted by Crippen LogP contribution is 2.41. The standard InChI is InChI=1S/C23H21Cl2FN6O2/c1-12(18-16(24)3-4-17(26)19(18)25)34-21-20-14(9-30-22(21)28)15(10-33-20)13-5-7-32(8-6-13)23(29-2)31-11-27/h3-5,9-10,12H,6-8H2,1-2H3,(H2,28,30)(H,29,31)/t12-/m1/s1. The number of hydrogen-bond donors (Lipinski definition) is 2. The number of ether oxygens (including phenoxy) is 1. The third-order valence-corrected chi connectivity index (χ3v) is 6.33. The van der Waals surface area contributed by atoms with Crippen LogP contribution >= 0.6 is 23.2 Å². The zero-order chi connectivity index (χ0) is 24.4. The molecule has 3 heterocycles. The minimum absolute atomic E-state index is 0.114. The number of guanidine groups is 1. The summed E-state index contributed by atoms with van der Waals surface area (Å²) >= 11 is 12.4. The Bertz CT molecular complexity index is 1350. The Morgan fingerprint density at radius 3 is 2.91 bits per heavy atom. The first-order chi connectivity index (χ1) is 16.3. The normalized spacial score (nSPS) is 15.1. The summed E-state index contributed by atoms with van der Waals surface area (Å²) in [6.45, 7) is 2.93. The first-order valence-electron chi connectivity index (χ1n) is 10.4. The molecule has 1 aromatic carbocycles. The molecule has 0 fully saturated rings. The quantitative estimate of drug-likeness (QED) is 0.167. The van der Waals surface area contributed by atoms with Crippen molar-refractivity contribution in [3.05, 3.63) is 57.7 Å². The van der Waals surface area contributed by atoms with E-state index >= 15 is 0 Å². The number of pyridine rings is 1. The number of rotatable bonds is 4. The van der Waals surface area contributed by atoms with Crippen molar-refractivity contribution in [1.29, 1.82) is 5.26 Å². The van der Waals surface area contributed by atoms with E-state index in [0.29, 0.717) is 36.6 Å². The van der Waals surface area contributed by atoms with E-state index in [-0.39, 0.29) is 21.6 Å². The lowest BCUT2D eigenvalue weighted by molar-refractivity contribution is 0.227. The summed E-state index contributed by atoms with van der Waals surface area (Å²) < 4.78 is 25.9. The molecule has 0 aliphatic carbocycles. The lowest BCUT2D eigenvalue weighted by atomic mass is 9.99. The molecule has 0 bridgehead atoms. The molecule has 34 heavy (non-hydrogen) atoms. The number of nitrogens with one attached hydrogen (secondary N) is 1. The number of nitrogens with zero attached hydrogens (tertiary/aromatic N) is 4. The average molecular weight is 503 g/mol. The summed E-state index contributed by atoms with van der Waals surface area (Å²) in [5, 5.41) is 12.4. The van der Waals surface area contributed by atoms with E-state index < -0.39 is 11.9 Å². The van der Waals surface area contributed by atoms with Crippen molar-refractivity contribution in [2.75, 3.05) is 25.9 Å². The van der Waals surface area contributed by atoms with Gasteiger partial charge in [-0.1, -0.05) is 29.3 Å². The summed E-state index contributed by atoms with van der Waals surface area (Å²) in [5.74, 6) is 0.271. The fourth-order valence-electron chi connectivity index (χ4n) is 3.93. The summed E-state index contributed by atoms with van der Waals surface area (Å²) in [6, 6.07) is 2.62. The minimum atomic E-state index is -0.721. The van der Waals surface area contributed by atoms with E-state index in [1.807, 2.05) is 17.2 Å². The Hall–Kier alpha value is -3.48. The first-order valence-corrected chi connectivity index (χ1v) is 11.1. The second-order valence-electron chi connectivity index (χ2n) is 7.59. The van der Waals surface area contributed by atoms with Gasteiger partial charge in [-0.3, -0.25) is 10.3 Å². The smallest absolute Gasteiger partial charge is 0.207 e. The van der Waals surface area contributed by atoms with E-state index in [9.17, 15) is 4.39 Å². The molecule has 4 rings (SSSR count). The first kappa shape index (κ1) is 23.7. The fourth-order valence-corrected chi connectivity index (χ4v) is 4.60. The van der Waals surface area contributed by atoms with Crippen molar-refractivity contribution < 1.29 is 13.5 Å². The van der Waals surface area contributed by atoms with Crippen LogP contribution in [0.2, 0.25) is 10.0 Å². The van der Waals surface area contributed by atoms with Crippen molar-refractivity contribution in [3.63, 3.8) is 0 Å². The molecule has 3 aromatic rings. The molecule has 0 radical (unpaired) electrons. The predicted octanol–water partition coefficient (Wildman–Crippen LogP) is 5.14. The van der Waals surface area contributed by atoms with Crippen molar-refractivity contribution in [2.24, 2.45) is 4.99 Å². The van der Waals surface area contributed by atoms with E-state index in [0.717, 1.165) is 16.5 Å². The molecule has 1 atom stereocenters. The van der Waals surface area contributed by atoms with Crippen LogP contribution in [-0.2, 0) is 0 Å². The lowest BCUT2D eigenvalue weighted by Gasteiger charge is -2.28. The van der Waals surface area contributed by atoms with Crippen LogP contribution in [0.15, 0.2) is 40.1 Å². The summed E-state index contributed by atoms with van der Waals surface area (Å²) in [4.78, 5) is 10.4. The monoisotopic (exact) mass is 502 g/mol. The molecular weight excluding hydrogens is 482 g/mol. The molecule has 0 saturated heterocycles. The van der Waals surface area contributed by atoms with Gasteiger partial charge < -0.3 is 19.8 Å². The van der Waals surface area contributed by atoms with Gasteiger partial charge in [-0.25, -0.2) is 9.37 Å². The topological polar surface area (TPSA) is 113 Å². The zero-order valence-corrected chi connectivity index (χ0v) is 19.9. The van der Waals surface area contributed by atoms with E-state index in [4.69, 9.17) is 43.4 Å². The number of fused-ring (bicyclic) bond motifs is 1. The van der Waals surface area contributed by atoms with Crippen LogP contribution in [0.25, 0.3) is 16.5 Å². The molecule has 8 nitrogen and oxygen atoms in total. The van der Waals surface area contributed by atoms with Crippen LogP contribution in [-0.4, -0.2) is 36.0 Å². The summed E-state index contributed by atoms with van der Waals surface area (Å²) in [6.07, 6.45) is 7.19. The van der Waals surface area contributed by atoms with Crippen LogP contribution in [0.4, 0.5) is 10.2 Å². The predicted molar refractivity (Wildman–Crippen MR) is 130 cm³/mol. The van der Waals surface area contributed by atoms with Gasteiger partial charge in [0, 0.05) is 42.5 Å². The number of nitrogen functional groups attached to an aromatic ring is 1. The number of nitriles is 1. The van der Waals surface area contributed by atoms with Crippen molar-refractivity contribution in [2.45, 2.75) is 19.4 Å². The van der Waals surface area contributed by atoms with Gasteiger partial charge in [0.25, 0.3) is 0 Å². The molecule has 1 aliphatic heterocycles. The maximum atomic E-state index is 14.0. The molecule has 11 heteroatoms. The molecule has 1 aliphatic rings. The van der Waals surface area contributed by atoms with E-state index in [1.165, 1.54) is 12.1 Å². The highest BCUT2D eigenvalue weighted by molar-refractivity contribution is 6.36. The molecule has 0 saturated carbocycles. The van der Waals surface area contributed by atoms with Crippen molar-refractivity contribution in [3.8, 4) is 11.9 Å². The Labute approximate surface area is 205 Å². The Kier molecular flexibility index (Phi) is 6.82. The molecule has 3 N–H and O–H groups in total. The maximum Gasteiger partial charge on any atom is 0.207 e.